The molecule has 3 nitrogen and oxygen atoms in total. The van der Waals surface area contributed by atoms with Gasteiger partial charge >= 0.3 is 0 Å². The highest BCUT2D eigenvalue weighted by Crippen LogP contribution is 2.05. The lowest BCUT2D eigenvalue weighted by Gasteiger charge is -1.93. The molecule has 1 aromatic rings. The highest BCUT2D eigenvalue weighted by molar-refractivity contribution is 7.80. The SMILES string of the molecule is OC(=S)Nc1ccco1. The van der Waals surface area contributed by atoms with Crippen LogP contribution in [-0.2, 0) is 0 Å². The van der Waals surface area contributed by atoms with Crippen molar-refractivity contribution in [3.8, 4) is 0 Å². The highest BCUT2D eigenvalue weighted by atomic mass is 32.1. The Balaban J connectivity index is 2.58. The van der Waals surface area contributed by atoms with Crippen molar-refractivity contribution in [1.82, 2.24) is 0 Å². The Hall–Kier alpha value is -1.03. The van der Waals surface area contributed by atoms with Gasteiger partial charge in [-0.05, 0) is 18.3 Å². The van der Waals surface area contributed by atoms with E-state index in [9.17, 15) is 0 Å². The first-order valence-electron chi connectivity index (χ1n) is 2.32. The zero-order valence-electron chi connectivity index (χ0n) is 4.50. The first-order valence-corrected chi connectivity index (χ1v) is 2.73. The predicted molar refractivity (Wildman–Crippen MR) is 37.6 cm³/mol. The van der Waals surface area contributed by atoms with Gasteiger partial charge in [-0.3, -0.25) is 5.32 Å². The van der Waals surface area contributed by atoms with Crippen LogP contribution >= 0.6 is 12.2 Å². The lowest BCUT2D eigenvalue weighted by molar-refractivity contribution is 0.551. The molecule has 1 aromatic heterocycles. The molecule has 0 fully saturated rings. The number of hydrogen-bond acceptors (Lipinski definition) is 2. The molecule has 0 atom stereocenters. The predicted octanol–water partition coefficient (Wildman–Crippen LogP) is 1.53. The van der Waals surface area contributed by atoms with Crippen LogP contribution in [0.5, 0.6) is 0 Å². The summed E-state index contributed by atoms with van der Waals surface area (Å²) < 4.78 is 4.79. The van der Waals surface area contributed by atoms with Crippen molar-refractivity contribution in [3.05, 3.63) is 18.4 Å². The molecule has 4 heteroatoms. The van der Waals surface area contributed by atoms with Crippen molar-refractivity contribution in [1.29, 1.82) is 0 Å². The zero-order chi connectivity index (χ0) is 6.69. The molecule has 0 aromatic carbocycles. The van der Waals surface area contributed by atoms with E-state index < -0.39 is 0 Å². The lowest BCUT2D eigenvalue weighted by atomic mass is 10.6. The Labute approximate surface area is 57.3 Å². The van der Waals surface area contributed by atoms with Crippen molar-refractivity contribution >= 4 is 23.3 Å². The third kappa shape index (κ3) is 1.73. The molecule has 2 N–H and O–H groups in total. The standard InChI is InChI=1S/C5H5NO2S/c7-5(9)6-4-2-1-3-8-4/h1-3H,(H2,6,7,9). The van der Waals surface area contributed by atoms with Crippen LogP contribution < -0.4 is 5.32 Å². The van der Waals surface area contributed by atoms with Crippen LogP contribution in [0.3, 0.4) is 0 Å². The second-order valence-electron chi connectivity index (χ2n) is 1.41. The number of nitrogens with one attached hydrogen (secondary N) is 1. The maximum Gasteiger partial charge on any atom is 0.261 e. The Morgan fingerprint density at radius 3 is 3.00 bits per heavy atom. The van der Waals surface area contributed by atoms with Crippen LogP contribution in [0.25, 0.3) is 0 Å². The molecular weight excluding hydrogens is 138 g/mol. The molecular formula is C5H5NO2S. The molecule has 0 aliphatic rings. The summed E-state index contributed by atoms with van der Waals surface area (Å²) in [5, 5.41) is 10.6. The number of furan rings is 1. The third-order valence-electron chi connectivity index (χ3n) is 0.751. The second kappa shape index (κ2) is 2.50. The normalized spacial score (nSPS) is 8.89. The molecule has 0 spiro atoms. The van der Waals surface area contributed by atoms with E-state index >= 15 is 0 Å². The smallest absolute Gasteiger partial charge is 0.261 e. The Morgan fingerprint density at radius 2 is 2.56 bits per heavy atom. The van der Waals surface area contributed by atoms with Crippen LogP contribution in [0.1, 0.15) is 0 Å². The number of hydrogen-bond donors (Lipinski definition) is 2. The Bertz CT molecular complexity index is 195. The van der Waals surface area contributed by atoms with Gasteiger partial charge < -0.3 is 9.52 Å². The van der Waals surface area contributed by atoms with Crippen LogP contribution in [0.2, 0.25) is 0 Å². The molecule has 48 valence electrons. The van der Waals surface area contributed by atoms with E-state index in [0.717, 1.165) is 0 Å². The van der Waals surface area contributed by atoms with Crippen LogP contribution in [-0.4, -0.2) is 10.3 Å². The first-order chi connectivity index (χ1) is 4.29. The largest absolute Gasteiger partial charge is 0.486 e. The summed E-state index contributed by atoms with van der Waals surface area (Å²) in [5.74, 6) is 0.447. The first kappa shape index (κ1) is 6.10. The topological polar surface area (TPSA) is 45.4 Å². The maximum absolute atomic E-state index is 8.48. The maximum atomic E-state index is 8.48. The summed E-state index contributed by atoms with van der Waals surface area (Å²) in [5.41, 5.74) is 0. The van der Waals surface area contributed by atoms with E-state index in [1.165, 1.54) is 6.26 Å². The van der Waals surface area contributed by atoms with Crippen LogP contribution in [0, 0.1) is 0 Å². The monoisotopic (exact) mass is 143 g/mol. The summed E-state index contributed by atoms with van der Waals surface area (Å²) in [4.78, 5) is 0. The number of aliphatic hydroxyl groups excluding tert-OH is 1. The molecule has 0 aliphatic carbocycles. The van der Waals surface area contributed by atoms with Gasteiger partial charge in [-0.25, -0.2) is 0 Å². The van der Waals surface area contributed by atoms with Crippen molar-refractivity contribution in [2.24, 2.45) is 0 Å². The quantitative estimate of drug-likeness (QED) is 0.585. The fraction of sp³-hybridized carbons (Fsp3) is 0. The molecule has 0 aliphatic heterocycles. The summed E-state index contributed by atoms with van der Waals surface area (Å²) in [7, 11) is 0. The fourth-order valence-electron chi connectivity index (χ4n) is 0.455. The average Bonchev–Trinajstić information content (AvgIpc) is 2.15. The molecule has 0 saturated heterocycles. The number of anilines is 1. The van der Waals surface area contributed by atoms with E-state index in [1.54, 1.807) is 12.1 Å². The van der Waals surface area contributed by atoms with Gasteiger partial charge in [-0.15, -0.1) is 0 Å². The van der Waals surface area contributed by atoms with Crippen molar-refractivity contribution < 1.29 is 9.52 Å². The molecule has 0 amide bonds. The molecule has 1 heterocycles. The third-order valence-corrected chi connectivity index (χ3v) is 0.853. The summed E-state index contributed by atoms with van der Waals surface area (Å²) in [6.45, 7) is 0. The van der Waals surface area contributed by atoms with E-state index in [0.29, 0.717) is 5.88 Å². The average molecular weight is 143 g/mol. The molecule has 9 heavy (non-hydrogen) atoms. The molecule has 0 radical (unpaired) electrons. The fourth-order valence-corrected chi connectivity index (χ4v) is 0.556. The van der Waals surface area contributed by atoms with Crippen molar-refractivity contribution in [3.63, 3.8) is 0 Å². The van der Waals surface area contributed by atoms with E-state index in [2.05, 4.69) is 17.5 Å². The van der Waals surface area contributed by atoms with Gasteiger partial charge in [0, 0.05) is 6.07 Å². The minimum atomic E-state index is -0.287. The summed E-state index contributed by atoms with van der Waals surface area (Å²) in [6.07, 6.45) is 1.49. The zero-order valence-corrected chi connectivity index (χ0v) is 5.31. The molecule has 0 unspecified atom stereocenters. The highest BCUT2D eigenvalue weighted by Gasteiger charge is 1.93. The van der Waals surface area contributed by atoms with E-state index in [1.807, 2.05) is 0 Å². The Kier molecular flexibility index (Phi) is 1.69. The molecule has 1 rings (SSSR count). The Morgan fingerprint density at radius 1 is 1.78 bits per heavy atom. The van der Waals surface area contributed by atoms with Crippen LogP contribution in [0.15, 0.2) is 22.8 Å². The molecule has 0 bridgehead atoms. The van der Waals surface area contributed by atoms with Gasteiger partial charge in [0.05, 0.1) is 6.26 Å². The number of rotatable bonds is 1. The van der Waals surface area contributed by atoms with Gasteiger partial charge in [0.2, 0.25) is 0 Å². The van der Waals surface area contributed by atoms with E-state index in [-0.39, 0.29) is 5.17 Å². The van der Waals surface area contributed by atoms with Gasteiger partial charge in [0.25, 0.3) is 5.17 Å². The van der Waals surface area contributed by atoms with Gasteiger partial charge in [0.1, 0.15) is 0 Å². The number of thiocarbonyl (C=S) groups is 1. The second-order valence-corrected chi connectivity index (χ2v) is 1.79. The number of aliphatic hydroxyl groups is 1. The van der Waals surface area contributed by atoms with E-state index in [4.69, 9.17) is 9.52 Å². The summed E-state index contributed by atoms with van der Waals surface area (Å²) in [6, 6.07) is 3.35. The lowest BCUT2D eigenvalue weighted by Crippen LogP contribution is -2.05. The van der Waals surface area contributed by atoms with Crippen LogP contribution in [0.4, 0.5) is 5.88 Å². The van der Waals surface area contributed by atoms with Gasteiger partial charge in [0.15, 0.2) is 5.88 Å². The summed E-state index contributed by atoms with van der Waals surface area (Å²) >= 11 is 4.33. The van der Waals surface area contributed by atoms with Crippen molar-refractivity contribution in [2.45, 2.75) is 0 Å². The van der Waals surface area contributed by atoms with Gasteiger partial charge in [-0.1, -0.05) is 0 Å². The molecule has 0 saturated carbocycles. The minimum Gasteiger partial charge on any atom is -0.486 e. The minimum absolute atomic E-state index is 0.287. The van der Waals surface area contributed by atoms with Gasteiger partial charge in [-0.2, -0.15) is 0 Å². The van der Waals surface area contributed by atoms with Crippen molar-refractivity contribution in [2.75, 3.05) is 5.32 Å².